The standard InChI is InChI=1S/C7H3BrF3NO3/c8-3-1-4(12(14)15)6(5(13)2-3)7(9,10)11/h1-2,13H. The molecule has 0 saturated heterocycles. The molecule has 82 valence electrons. The molecule has 1 aromatic rings. The molecule has 8 heteroatoms. The predicted octanol–water partition coefficient (Wildman–Crippen LogP) is 3.08. The van der Waals surface area contributed by atoms with Crippen LogP contribution in [0.4, 0.5) is 18.9 Å². The Labute approximate surface area is 89.6 Å². The lowest BCUT2D eigenvalue weighted by Gasteiger charge is -2.09. The van der Waals surface area contributed by atoms with E-state index in [1.807, 2.05) is 0 Å². The molecule has 0 fully saturated rings. The van der Waals surface area contributed by atoms with Gasteiger partial charge >= 0.3 is 6.18 Å². The van der Waals surface area contributed by atoms with Crippen molar-refractivity contribution >= 4 is 21.6 Å². The molecule has 15 heavy (non-hydrogen) atoms. The van der Waals surface area contributed by atoms with Gasteiger partial charge in [0, 0.05) is 10.5 Å². The van der Waals surface area contributed by atoms with Gasteiger partial charge in [0.2, 0.25) is 0 Å². The molecule has 0 amide bonds. The van der Waals surface area contributed by atoms with Gasteiger partial charge < -0.3 is 5.11 Å². The molecule has 1 rings (SSSR count). The lowest BCUT2D eigenvalue weighted by Crippen LogP contribution is -2.09. The van der Waals surface area contributed by atoms with Gasteiger partial charge in [-0.2, -0.15) is 13.2 Å². The topological polar surface area (TPSA) is 63.4 Å². The monoisotopic (exact) mass is 285 g/mol. The molecular formula is C7H3BrF3NO3. The van der Waals surface area contributed by atoms with Gasteiger partial charge in [0.05, 0.1) is 4.92 Å². The highest BCUT2D eigenvalue weighted by atomic mass is 79.9. The van der Waals surface area contributed by atoms with E-state index >= 15 is 0 Å². The van der Waals surface area contributed by atoms with E-state index in [1.165, 1.54) is 0 Å². The number of benzene rings is 1. The van der Waals surface area contributed by atoms with Gasteiger partial charge in [0.25, 0.3) is 5.69 Å². The quantitative estimate of drug-likeness (QED) is 0.637. The van der Waals surface area contributed by atoms with Crippen LogP contribution >= 0.6 is 15.9 Å². The number of nitrogens with zero attached hydrogens (tertiary/aromatic N) is 1. The molecule has 0 aliphatic carbocycles. The van der Waals surface area contributed by atoms with E-state index in [4.69, 9.17) is 5.11 Å². The Morgan fingerprint density at radius 3 is 2.33 bits per heavy atom. The molecule has 0 radical (unpaired) electrons. The second-order valence-corrected chi connectivity index (χ2v) is 3.49. The first kappa shape index (κ1) is 11.8. The van der Waals surface area contributed by atoms with Crippen molar-refractivity contribution in [2.45, 2.75) is 6.18 Å². The number of nitro benzene ring substituents is 1. The van der Waals surface area contributed by atoms with Crippen LogP contribution in [0.25, 0.3) is 0 Å². The highest BCUT2D eigenvalue weighted by molar-refractivity contribution is 9.10. The normalized spacial score (nSPS) is 11.5. The van der Waals surface area contributed by atoms with Gasteiger partial charge in [-0.3, -0.25) is 10.1 Å². The number of alkyl halides is 3. The van der Waals surface area contributed by atoms with Crippen molar-refractivity contribution < 1.29 is 23.2 Å². The number of halogens is 4. The summed E-state index contributed by atoms with van der Waals surface area (Å²) >= 11 is 2.75. The van der Waals surface area contributed by atoms with Crippen molar-refractivity contribution in [1.29, 1.82) is 0 Å². The lowest BCUT2D eigenvalue weighted by molar-refractivity contribution is -0.388. The van der Waals surface area contributed by atoms with Crippen LogP contribution in [0.1, 0.15) is 5.56 Å². The first-order valence-corrected chi connectivity index (χ1v) is 4.27. The molecule has 0 atom stereocenters. The molecule has 1 N–H and O–H groups in total. The molecule has 0 aromatic heterocycles. The summed E-state index contributed by atoms with van der Waals surface area (Å²) in [5.74, 6) is -1.18. The number of hydrogen-bond donors (Lipinski definition) is 1. The van der Waals surface area contributed by atoms with Crippen LogP contribution in [-0.2, 0) is 6.18 Å². The van der Waals surface area contributed by atoms with Crippen LogP contribution in [-0.4, -0.2) is 10.0 Å². The third kappa shape index (κ3) is 2.38. The lowest BCUT2D eigenvalue weighted by atomic mass is 10.1. The molecular weight excluding hydrogens is 283 g/mol. The van der Waals surface area contributed by atoms with Crippen molar-refractivity contribution in [2.24, 2.45) is 0 Å². The number of phenols is 1. The second-order valence-electron chi connectivity index (χ2n) is 2.57. The maximum absolute atomic E-state index is 12.3. The third-order valence-corrected chi connectivity index (χ3v) is 2.00. The summed E-state index contributed by atoms with van der Waals surface area (Å²) in [5.41, 5.74) is -2.83. The Morgan fingerprint density at radius 1 is 1.40 bits per heavy atom. The van der Waals surface area contributed by atoms with Crippen molar-refractivity contribution in [2.75, 3.05) is 0 Å². The molecule has 0 saturated carbocycles. The van der Waals surface area contributed by atoms with Gasteiger partial charge in [0.15, 0.2) is 5.56 Å². The first-order valence-electron chi connectivity index (χ1n) is 3.47. The summed E-state index contributed by atoms with van der Waals surface area (Å²) in [6, 6.07) is 1.43. The summed E-state index contributed by atoms with van der Waals surface area (Å²) in [6.45, 7) is 0. The van der Waals surface area contributed by atoms with Crippen molar-refractivity contribution in [3.63, 3.8) is 0 Å². The van der Waals surface area contributed by atoms with E-state index in [0.717, 1.165) is 6.07 Å². The SMILES string of the molecule is O=[N+]([O-])c1cc(Br)cc(O)c1C(F)(F)F. The van der Waals surface area contributed by atoms with E-state index in [-0.39, 0.29) is 4.47 Å². The van der Waals surface area contributed by atoms with Crippen LogP contribution in [0.2, 0.25) is 0 Å². The zero-order valence-corrected chi connectivity index (χ0v) is 8.46. The molecule has 0 heterocycles. The van der Waals surface area contributed by atoms with Crippen LogP contribution in [0.3, 0.4) is 0 Å². The van der Waals surface area contributed by atoms with Crippen molar-refractivity contribution in [3.8, 4) is 5.75 Å². The Morgan fingerprint density at radius 2 is 1.93 bits per heavy atom. The molecule has 0 unspecified atom stereocenters. The van der Waals surface area contributed by atoms with Crippen LogP contribution in [0, 0.1) is 10.1 Å². The minimum atomic E-state index is -4.97. The van der Waals surface area contributed by atoms with Crippen LogP contribution < -0.4 is 0 Å². The fourth-order valence-electron chi connectivity index (χ4n) is 1.01. The van der Waals surface area contributed by atoms with Crippen molar-refractivity contribution in [3.05, 3.63) is 32.3 Å². The van der Waals surface area contributed by atoms with Gasteiger partial charge in [-0.1, -0.05) is 15.9 Å². The summed E-state index contributed by atoms with van der Waals surface area (Å²) < 4.78 is 37.0. The number of nitro groups is 1. The summed E-state index contributed by atoms with van der Waals surface area (Å²) in [7, 11) is 0. The average Bonchev–Trinajstić information content (AvgIpc) is 1.99. The van der Waals surface area contributed by atoms with E-state index in [9.17, 15) is 23.3 Å². The van der Waals surface area contributed by atoms with Gasteiger partial charge in [-0.15, -0.1) is 0 Å². The maximum Gasteiger partial charge on any atom is 0.426 e. The Hall–Kier alpha value is -1.31. The van der Waals surface area contributed by atoms with E-state index in [2.05, 4.69) is 15.9 Å². The second kappa shape index (κ2) is 3.69. The summed E-state index contributed by atoms with van der Waals surface area (Å²) in [4.78, 5) is 9.15. The maximum atomic E-state index is 12.3. The fourth-order valence-corrected chi connectivity index (χ4v) is 1.45. The number of hydrogen-bond acceptors (Lipinski definition) is 3. The van der Waals surface area contributed by atoms with Crippen LogP contribution in [0.5, 0.6) is 5.75 Å². The highest BCUT2D eigenvalue weighted by Gasteiger charge is 2.41. The molecule has 0 aliphatic rings. The zero-order chi connectivity index (χ0) is 11.8. The fraction of sp³-hybridized carbons (Fsp3) is 0.143. The van der Waals surface area contributed by atoms with Gasteiger partial charge in [-0.05, 0) is 6.07 Å². The minimum Gasteiger partial charge on any atom is -0.507 e. The number of rotatable bonds is 1. The zero-order valence-electron chi connectivity index (χ0n) is 6.88. The Balaban J connectivity index is 3.55. The smallest absolute Gasteiger partial charge is 0.426 e. The van der Waals surface area contributed by atoms with E-state index < -0.39 is 28.1 Å². The third-order valence-electron chi connectivity index (χ3n) is 1.54. The van der Waals surface area contributed by atoms with E-state index in [0.29, 0.717) is 6.07 Å². The minimum absolute atomic E-state index is 0.000278. The molecule has 4 nitrogen and oxygen atoms in total. The average molecular weight is 286 g/mol. The van der Waals surface area contributed by atoms with Crippen LogP contribution in [0.15, 0.2) is 16.6 Å². The number of phenolic OH excluding ortho intramolecular Hbond substituents is 1. The molecule has 1 aromatic carbocycles. The summed E-state index contributed by atoms with van der Waals surface area (Å²) in [6.07, 6.45) is -4.97. The summed E-state index contributed by atoms with van der Waals surface area (Å²) in [5, 5.41) is 19.3. The van der Waals surface area contributed by atoms with Gasteiger partial charge in [-0.25, -0.2) is 0 Å². The van der Waals surface area contributed by atoms with E-state index in [1.54, 1.807) is 0 Å². The number of aromatic hydroxyl groups is 1. The van der Waals surface area contributed by atoms with Crippen molar-refractivity contribution in [1.82, 2.24) is 0 Å². The Bertz CT molecular complexity index is 419. The first-order chi connectivity index (χ1) is 6.73. The highest BCUT2D eigenvalue weighted by Crippen LogP contribution is 2.43. The largest absolute Gasteiger partial charge is 0.507 e. The van der Waals surface area contributed by atoms with Gasteiger partial charge in [0.1, 0.15) is 5.75 Å². The molecule has 0 spiro atoms. The predicted molar refractivity (Wildman–Crippen MR) is 47.5 cm³/mol. The molecule has 0 aliphatic heterocycles. The molecule has 0 bridgehead atoms. The Kier molecular flexibility index (Phi) is 2.89.